The van der Waals surface area contributed by atoms with Crippen molar-refractivity contribution in [3.05, 3.63) is 23.9 Å². The molecule has 1 unspecified atom stereocenters. The highest BCUT2D eigenvalue weighted by Crippen LogP contribution is 2.24. The maximum atomic E-state index is 11.5. The lowest BCUT2D eigenvalue weighted by Gasteiger charge is -2.37. The molecule has 9 nitrogen and oxygen atoms in total. The fraction of sp³-hybridized carbons (Fsp3) is 0.696. The number of morpholine rings is 1. The van der Waals surface area contributed by atoms with Crippen molar-refractivity contribution in [1.82, 2.24) is 20.5 Å². The van der Waals surface area contributed by atoms with E-state index in [1.54, 1.807) is 7.05 Å². The van der Waals surface area contributed by atoms with Gasteiger partial charge in [0.1, 0.15) is 5.82 Å². The summed E-state index contributed by atoms with van der Waals surface area (Å²) in [4.78, 5) is 25.3. The SMILES string of the molecule is CN=C(NCc1cccnc1N1CCC(C(N)=O)CC1)NCC(C(C)C)N1CCOCC1. The number of rotatable bonds is 8. The monoisotopic (exact) mass is 445 g/mol. The molecule has 0 spiro atoms. The quantitative estimate of drug-likeness (QED) is 0.401. The number of anilines is 1. The van der Waals surface area contributed by atoms with E-state index in [2.05, 4.69) is 50.3 Å². The van der Waals surface area contributed by atoms with Crippen LogP contribution in [0, 0.1) is 11.8 Å². The Morgan fingerprint density at radius 2 is 1.97 bits per heavy atom. The van der Waals surface area contributed by atoms with Crippen LogP contribution in [-0.2, 0) is 16.1 Å². The number of primary amides is 1. The lowest BCUT2D eigenvalue weighted by molar-refractivity contribution is -0.122. The van der Waals surface area contributed by atoms with Gasteiger partial charge in [0.05, 0.1) is 13.2 Å². The number of ether oxygens (including phenoxy) is 1. The highest BCUT2D eigenvalue weighted by molar-refractivity contribution is 5.80. The summed E-state index contributed by atoms with van der Waals surface area (Å²) in [6.45, 7) is 11.1. The third kappa shape index (κ3) is 6.56. The van der Waals surface area contributed by atoms with Crippen LogP contribution in [0.3, 0.4) is 0 Å². The molecule has 3 rings (SSSR count). The number of piperidine rings is 1. The first kappa shape index (κ1) is 24.3. The van der Waals surface area contributed by atoms with Gasteiger partial charge in [-0.25, -0.2) is 4.98 Å². The molecule has 32 heavy (non-hydrogen) atoms. The zero-order valence-corrected chi connectivity index (χ0v) is 19.7. The molecule has 1 amide bonds. The van der Waals surface area contributed by atoms with Gasteiger partial charge in [-0.05, 0) is 24.8 Å². The molecule has 1 atom stereocenters. The van der Waals surface area contributed by atoms with Gasteiger partial charge in [-0.3, -0.25) is 14.7 Å². The predicted octanol–water partition coefficient (Wildman–Crippen LogP) is 0.805. The van der Waals surface area contributed by atoms with Crippen molar-refractivity contribution in [2.45, 2.75) is 39.3 Å². The second kappa shape index (κ2) is 12.0. The lowest BCUT2D eigenvalue weighted by Crippen LogP contribution is -2.52. The Morgan fingerprint density at radius 1 is 1.25 bits per heavy atom. The van der Waals surface area contributed by atoms with E-state index >= 15 is 0 Å². The molecule has 1 aromatic heterocycles. The molecular weight excluding hydrogens is 406 g/mol. The van der Waals surface area contributed by atoms with Crippen LogP contribution >= 0.6 is 0 Å². The van der Waals surface area contributed by atoms with E-state index in [1.165, 1.54) is 0 Å². The van der Waals surface area contributed by atoms with E-state index in [9.17, 15) is 4.79 Å². The number of nitrogens with one attached hydrogen (secondary N) is 2. The normalized spacial score (nSPS) is 19.8. The minimum Gasteiger partial charge on any atom is -0.379 e. The largest absolute Gasteiger partial charge is 0.379 e. The van der Waals surface area contributed by atoms with Crippen molar-refractivity contribution >= 4 is 17.7 Å². The number of nitrogens with two attached hydrogens (primary N) is 1. The summed E-state index contributed by atoms with van der Waals surface area (Å²) in [6, 6.07) is 4.48. The smallest absolute Gasteiger partial charge is 0.220 e. The van der Waals surface area contributed by atoms with Crippen molar-refractivity contribution in [2.24, 2.45) is 22.6 Å². The fourth-order valence-electron chi connectivity index (χ4n) is 4.53. The van der Waals surface area contributed by atoms with Crippen molar-refractivity contribution in [3.8, 4) is 0 Å². The predicted molar refractivity (Wildman–Crippen MR) is 128 cm³/mol. The second-order valence-corrected chi connectivity index (χ2v) is 8.92. The number of carbonyl (C=O) groups is 1. The van der Waals surface area contributed by atoms with Crippen molar-refractivity contribution in [2.75, 3.05) is 57.9 Å². The van der Waals surface area contributed by atoms with Crippen LogP contribution in [0.15, 0.2) is 23.3 Å². The molecule has 3 heterocycles. The Hall–Kier alpha value is -2.39. The van der Waals surface area contributed by atoms with E-state index in [0.29, 0.717) is 18.5 Å². The van der Waals surface area contributed by atoms with Crippen molar-refractivity contribution < 1.29 is 9.53 Å². The number of amides is 1. The Labute approximate surface area is 191 Å². The third-order valence-corrected chi connectivity index (χ3v) is 6.50. The molecule has 0 aromatic carbocycles. The summed E-state index contributed by atoms with van der Waals surface area (Å²) >= 11 is 0. The number of aliphatic imine (C=N–C) groups is 1. The maximum Gasteiger partial charge on any atom is 0.220 e. The van der Waals surface area contributed by atoms with Gasteiger partial charge in [0, 0.05) is 70.0 Å². The summed E-state index contributed by atoms with van der Waals surface area (Å²) < 4.78 is 5.51. The van der Waals surface area contributed by atoms with Gasteiger partial charge >= 0.3 is 0 Å². The first-order valence-electron chi connectivity index (χ1n) is 11.7. The molecule has 0 radical (unpaired) electrons. The molecule has 0 saturated carbocycles. The van der Waals surface area contributed by atoms with Gasteiger partial charge in [0.2, 0.25) is 5.91 Å². The van der Waals surface area contributed by atoms with Gasteiger partial charge in [-0.1, -0.05) is 19.9 Å². The van der Waals surface area contributed by atoms with Gasteiger partial charge in [-0.2, -0.15) is 0 Å². The Morgan fingerprint density at radius 3 is 2.59 bits per heavy atom. The van der Waals surface area contributed by atoms with Crippen LogP contribution in [0.1, 0.15) is 32.3 Å². The maximum absolute atomic E-state index is 11.5. The average molecular weight is 446 g/mol. The van der Waals surface area contributed by atoms with E-state index in [0.717, 1.165) is 76.1 Å². The zero-order chi connectivity index (χ0) is 22.9. The summed E-state index contributed by atoms with van der Waals surface area (Å²) in [5.74, 6) is 2.06. The highest BCUT2D eigenvalue weighted by atomic mass is 16.5. The average Bonchev–Trinajstić information content (AvgIpc) is 2.82. The molecule has 2 saturated heterocycles. The fourth-order valence-corrected chi connectivity index (χ4v) is 4.53. The topological polar surface area (TPSA) is 108 Å². The summed E-state index contributed by atoms with van der Waals surface area (Å²) in [6.07, 6.45) is 3.38. The van der Waals surface area contributed by atoms with Crippen LogP contribution in [0.4, 0.5) is 5.82 Å². The molecule has 1 aromatic rings. The van der Waals surface area contributed by atoms with Crippen LogP contribution in [-0.4, -0.2) is 80.8 Å². The highest BCUT2D eigenvalue weighted by Gasteiger charge is 2.26. The number of nitrogens with zero attached hydrogens (tertiary/aromatic N) is 4. The van der Waals surface area contributed by atoms with Gasteiger partial charge in [-0.15, -0.1) is 0 Å². The molecule has 9 heteroatoms. The van der Waals surface area contributed by atoms with Crippen LogP contribution in [0.5, 0.6) is 0 Å². The zero-order valence-electron chi connectivity index (χ0n) is 19.7. The molecule has 2 fully saturated rings. The Bertz CT molecular complexity index is 756. The molecule has 0 aliphatic carbocycles. The first-order valence-corrected chi connectivity index (χ1v) is 11.7. The van der Waals surface area contributed by atoms with E-state index < -0.39 is 0 Å². The summed E-state index contributed by atoms with van der Waals surface area (Å²) in [5.41, 5.74) is 6.59. The van der Waals surface area contributed by atoms with E-state index in [-0.39, 0.29) is 11.8 Å². The van der Waals surface area contributed by atoms with E-state index in [4.69, 9.17) is 10.5 Å². The Kier molecular flexibility index (Phi) is 9.11. The molecule has 4 N–H and O–H groups in total. The lowest BCUT2D eigenvalue weighted by atomic mass is 9.96. The standard InChI is InChI=1S/C23H39N7O2/c1-17(2)20(29-11-13-32-14-12-29)16-28-23(25-3)27-15-19-5-4-8-26-22(19)30-9-6-18(7-10-30)21(24)31/h4-5,8,17-18,20H,6-7,9-16H2,1-3H3,(H2,24,31)(H2,25,27,28). The number of pyridine rings is 1. The van der Waals surface area contributed by atoms with Crippen LogP contribution in [0.25, 0.3) is 0 Å². The molecule has 178 valence electrons. The summed E-state index contributed by atoms with van der Waals surface area (Å²) in [5, 5.41) is 6.95. The molecule has 2 aliphatic rings. The van der Waals surface area contributed by atoms with Crippen molar-refractivity contribution in [1.29, 1.82) is 0 Å². The van der Waals surface area contributed by atoms with Gasteiger partial charge < -0.3 is 26.0 Å². The van der Waals surface area contributed by atoms with Gasteiger partial charge in [0.15, 0.2) is 5.96 Å². The van der Waals surface area contributed by atoms with Crippen molar-refractivity contribution in [3.63, 3.8) is 0 Å². The number of carbonyl (C=O) groups excluding carboxylic acids is 1. The Balaban J connectivity index is 1.55. The number of guanidine groups is 1. The van der Waals surface area contributed by atoms with Gasteiger partial charge in [0.25, 0.3) is 0 Å². The van der Waals surface area contributed by atoms with Crippen LogP contribution in [0.2, 0.25) is 0 Å². The molecule has 2 aliphatic heterocycles. The summed E-state index contributed by atoms with van der Waals surface area (Å²) in [7, 11) is 1.80. The number of hydrogen-bond acceptors (Lipinski definition) is 6. The van der Waals surface area contributed by atoms with Crippen LogP contribution < -0.4 is 21.3 Å². The third-order valence-electron chi connectivity index (χ3n) is 6.50. The number of aromatic nitrogens is 1. The van der Waals surface area contributed by atoms with E-state index in [1.807, 2.05) is 12.3 Å². The first-order chi connectivity index (χ1) is 15.5. The molecular formula is C23H39N7O2. The number of hydrogen-bond donors (Lipinski definition) is 3. The molecule has 0 bridgehead atoms. The minimum atomic E-state index is -0.195. The minimum absolute atomic E-state index is 0.0278. The second-order valence-electron chi connectivity index (χ2n) is 8.92.